The van der Waals surface area contributed by atoms with Crippen molar-refractivity contribution in [3.05, 3.63) is 12.7 Å². The minimum Gasteiger partial charge on any atom is -0.394 e. The van der Waals surface area contributed by atoms with Crippen molar-refractivity contribution in [2.45, 2.75) is 38.3 Å². The molecule has 2 aromatic heterocycles. The van der Waals surface area contributed by atoms with Crippen molar-refractivity contribution in [1.29, 1.82) is 0 Å². The van der Waals surface area contributed by atoms with Crippen LogP contribution >= 0.6 is 0 Å². The van der Waals surface area contributed by atoms with E-state index in [9.17, 15) is 10.2 Å². The van der Waals surface area contributed by atoms with E-state index in [0.717, 1.165) is 19.3 Å². The van der Waals surface area contributed by atoms with Gasteiger partial charge in [0, 0.05) is 0 Å². The summed E-state index contributed by atoms with van der Waals surface area (Å²) in [5, 5.41) is 19.2. The molecule has 0 aliphatic rings. The lowest BCUT2D eigenvalue weighted by Crippen LogP contribution is -2.27. The summed E-state index contributed by atoms with van der Waals surface area (Å²) in [7, 11) is 0. The van der Waals surface area contributed by atoms with Gasteiger partial charge in [-0.1, -0.05) is 19.8 Å². The number of unbranched alkanes of at least 4 members (excludes halogenated alkanes) is 1. The molecule has 2 aromatic rings. The first kappa shape index (κ1) is 13.7. The summed E-state index contributed by atoms with van der Waals surface area (Å²) >= 11 is 0. The van der Waals surface area contributed by atoms with Gasteiger partial charge >= 0.3 is 0 Å². The quantitative estimate of drug-likeness (QED) is 0.701. The van der Waals surface area contributed by atoms with E-state index in [1.807, 2.05) is 0 Å². The highest BCUT2D eigenvalue weighted by molar-refractivity contribution is 5.81. The van der Waals surface area contributed by atoms with E-state index < -0.39 is 6.10 Å². The zero-order chi connectivity index (χ0) is 13.8. The van der Waals surface area contributed by atoms with Crippen LogP contribution in [0.4, 0.5) is 5.82 Å². The molecule has 2 unspecified atom stereocenters. The summed E-state index contributed by atoms with van der Waals surface area (Å²) in [5.41, 5.74) is 6.85. The van der Waals surface area contributed by atoms with E-state index in [4.69, 9.17) is 5.73 Å². The molecule has 4 N–H and O–H groups in total. The van der Waals surface area contributed by atoms with E-state index in [2.05, 4.69) is 21.9 Å². The number of aliphatic hydroxyl groups excluding tert-OH is 2. The largest absolute Gasteiger partial charge is 0.394 e. The molecule has 19 heavy (non-hydrogen) atoms. The number of aromatic nitrogens is 4. The number of hydrogen-bond acceptors (Lipinski definition) is 6. The lowest BCUT2D eigenvalue weighted by Gasteiger charge is -2.23. The molecule has 2 atom stereocenters. The predicted molar refractivity (Wildman–Crippen MR) is 71.4 cm³/mol. The molecule has 104 valence electrons. The summed E-state index contributed by atoms with van der Waals surface area (Å²) in [5.74, 6) is 0.316. The van der Waals surface area contributed by atoms with Crippen LogP contribution < -0.4 is 5.73 Å². The van der Waals surface area contributed by atoms with Crippen LogP contribution in [0, 0.1) is 0 Å². The second kappa shape index (κ2) is 5.94. The standard InChI is InChI=1S/C12H19N5O2/c1-2-3-4-8(9(19)5-18)17-7-16-10-11(13)14-6-15-12(10)17/h6-9,18-19H,2-5H2,1H3,(H2,13,14,15). The van der Waals surface area contributed by atoms with Crippen molar-refractivity contribution in [3.63, 3.8) is 0 Å². The maximum atomic E-state index is 9.97. The smallest absolute Gasteiger partial charge is 0.165 e. The number of nitrogens with two attached hydrogens (primary N) is 1. The fourth-order valence-electron chi connectivity index (χ4n) is 2.16. The van der Waals surface area contributed by atoms with Crippen LogP contribution in [0.1, 0.15) is 32.2 Å². The first-order chi connectivity index (χ1) is 9.19. The summed E-state index contributed by atoms with van der Waals surface area (Å²) in [4.78, 5) is 12.2. The summed E-state index contributed by atoms with van der Waals surface area (Å²) < 4.78 is 1.77. The Kier molecular flexibility index (Phi) is 4.28. The van der Waals surface area contributed by atoms with Gasteiger partial charge < -0.3 is 20.5 Å². The van der Waals surface area contributed by atoms with Crippen molar-refractivity contribution in [2.24, 2.45) is 0 Å². The van der Waals surface area contributed by atoms with Crippen LogP contribution in [0.2, 0.25) is 0 Å². The second-order valence-electron chi connectivity index (χ2n) is 4.54. The van der Waals surface area contributed by atoms with Gasteiger partial charge in [0.05, 0.1) is 25.1 Å². The van der Waals surface area contributed by atoms with Gasteiger partial charge in [0.15, 0.2) is 11.5 Å². The normalized spacial score (nSPS) is 14.7. The van der Waals surface area contributed by atoms with Gasteiger partial charge in [0.2, 0.25) is 0 Å². The molecule has 0 bridgehead atoms. The average molecular weight is 265 g/mol. The number of anilines is 1. The zero-order valence-corrected chi connectivity index (χ0v) is 10.9. The van der Waals surface area contributed by atoms with Crippen LogP contribution in [0.25, 0.3) is 11.2 Å². The van der Waals surface area contributed by atoms with Gasteiger partial charge in [0.25, 0.3) is 0 Å². The molecule has 7 heteroatoms. The minimum atomic E-state index is -0.847. The molecule has 0 amide bonds. The van der Waals surface area contributed by atoms with Crippen LogP contribution in [-0.2, 0) is 0 Å². The minimum absolute atomic E-state index is 0.260. The molecule has 0 aromatic carbocycles. The van der Waals surface area contributed by atoms with Crippen LogP contribution in [0.3, 0.4) is 0 Å². The third kappa shape index (κ3) is 2.66. The van der Waals surface area contributed by atoms with E-state index >= 15 is 0 Å². The fourth-order valence-corrected chi connectivity index (χ4v) is 2.16. The Balaban J connectivity index is 2.41. The molecule has 7 nitrogen and oxygen atoms in total. The van der Waals surface area contributed by atoms with Gasteiger partial charge in [-0.15, -0.1) is 0 Å². The van der Waals surface area contributed by atoms with Crippen molar-refractivity contribution in [3.8, 4) is 0 Å². The molecule has 2 heterocycles. The molecule has 2 rings (SSSR count). The van der Waals surface area contributed by atoms with Crippen LogP contribution in [0.5, 0.6) is 0 Å². The number of rotatable bonds is 6. The first-order valence-electron chi connectivity index (χ1n) is 6.41. The number of nitrogen functional groups attached to an aromatic ring is 1. The number of aliphatic hydroxyl groups is 2. The zero-order valence-electron chi connectivity index (χ0n) is 10.9. The molecule has 0 fully saturated rings. The lowest BCUT2D eigenvalue weighted by atomic mass is 10.0. The lowest BCUT2D eigenvalue weighted by molar-refractivity contribution is 0.0485. The van der Waals surface area contributed by atoms with Crippen molar-refractivity contribution < 1.29 is 10.2 Å². The number of hydrogen-bond donors (Lipinski definition) is 3. The molecule has 0 saturated heterocycles. The Morgan fingerprint density at radius 2 is 2.16 bits per heavy atom. The fraction of sp³-hybridized carbons (Fsp3) is 0.583. The van der Waals surface area contributed by atoms with Gasteiger partial charge in [-0.2, -0.15) is 0 Å². The molecular formula is C12H19N5O2. The van der Waals surface area contributed by atoms with Crippen molar-refractivity contribution in [1.82, 2.24) is 19.5 Å². The van der Waals surface area contributed by atoms with Gasteiger partial charge in [-0.3, -0.25) is 0 Å². The second-order valence-corrected chi connectivity index (χ2v) is 4.54. The summed E-state index contributed by atoms with van der Waals surface area (Å²) in [6.45, 7) is 1.78. The third-order valence-electron chi connectivity index (χ3n) is 3.23. The average Bonchev–Trinajstić information content (AvgIpc) is 2.84. The molecule has 0 aliphatic carbocycles. The Morgan fingerprint density at radius 3 is 2.84 bits per heavy atom. The van der Waals surface area contributed by atoms with E-state index in [1.54, 1.807) is 10.9 Å². The molecule has 0 radical (unpaired) electrons. The molecule has 0 aliphatic heterocycles. The predicted octanol–water partition coefficient (Wildman–Crippen LogP) is 0.493. The van der Waals surface area contributed by atoms with Gasteiger partial charge in [0.1, 0.15) is 11.8 Å². The topological polar surface area (TPSA) is 110 Å². The van der Waals surface area contributed by atoms with Gasteiger partial charge in [-0.05, 0) is 6.42 Å². The third-order valence-corrected chi connectivity index (χ3v) is 3.23. The van der Waals surface area contributed by atoms with Crippen LogP contribution in [0.15, 0.2) is 12.7 Å². The van der Waals surface area contributed by atoms with Gasteiger partial charge in [-0.25, -0.2) is 15.0 Å². The monoisotopic (exact) mass is 265 g/mol. The Labute approximate surface area is 111 Å². The maximum Gasteiger partial charge on any atom is 0.165 e. The Hall–Kier alpha value is -1.73. The highest BCUT2D eigenvalue weighted by atomic mass is 16.3. The molecular weight excluding hydrogens is 246 g/mol. The number of nitrogens with zero attached hydrogens (tertiary/aromatic N) is 4. The van der Waals surface area contributed by atoms with E-state index in [-0.39, 0.29) is 12.6 Å². The molecule has 0 spiro atoms. The number of fused-ring (bicyclic) bond motifs is 1. The SMILES string of the molecule is CCCCC(C(O)CO)n1cnc2c(N)ncnc21. The highest BCUT2D eigenvalue weighted by Crippen LogP contribution is 2.24. The Morgan fingerprint density at radius 1 is 1.37 bits per heavy atom. The van der Waals surface area contributed by atoms with Crippen molar-refractivity contribution in [2.75, 3.05) is 12.3 Å². The van der Waals surface area contributed by atoms with E-state index in [1.165, 1.54) is 6.33 Å². The van der Waals surface area contributed by atoms with Crippen molar-refractivity contribution >= 4 is 17.0 Å². The molecule has 0 saturated carbocycles. The highest BCUT2D eigenvalue weighted by Gasteiger charge is 2.22. The van der Waals surface area contributed by atoms with E-state index in [0.29, 0.717) is 17.0 Å². The first-order valence-corrected chi connectivity index (χ1v) is 6.41. The Bertz CT molecular complexity index is 542. The maximum absolute atomic E-state index is 9.97. The van der Waals surface area contributed by atoms with Crippen LogP contribution in [-0.4, -0.2) is 42.4 Å². The number of imidazole rings is 1. The summed E-state index contributed by atoms with van der Waals surface area (Å²) in [6.07, 6.45) is 4.82. The summed E-state index contributed by atoms with van der Waals surface area (Å²) in [6, 6.07) is -0.260.